The molecule has 0 saturated carbocycles. The molecule has 0 unspecified atom stereocenters. The molecule has 3 aromatic rings. The van der Waals surface area contributed by atoms with Gasteiger partial charge in [0.05, 0.1) is 11.9 Å². The molecule has 0 aromatic heterocycles. The van der Waals surface area contributed by atoms with Crippen LogP contribution in [0.3, 0.4) is 0 Å². The smallest absolute Gasteiger partial charge is 0.244 e. The van der Waals surface area contributed by atoms with Crippen molar-refractivity contribution in [1.82, 2.24) is 10.2 Å². The van der Waals surface area contributed by atoms with Crippen molar-refractivity contribution in [3.8, 4) is 0 Å². The second kappa shape index (κ2) is 14.2. The topological polar surface area (TPSA) is 86.8 Å². The maximum absolute atomic E-state index is 14.1. The Kier molecular flexibility index (Phi) is 11.3. The van der Waals surface area contributed by atoms with E-state index in [1.54, 1.807) is 24.3 Å². The first-order valence-corrected chi connectivity index (χ1v) is 15.6. The first-order chi connectivity index (χ1) is 18.8. The number of nitrogens with one attached hydrogen (secondary N) is 1. The Morgan fingerprint density at radius 3 is 2.08 bits per heavy atom. The number of sulfonamides is 1. The summed E-state index contributed by atoms with van der Waals surface area (Å²) in [6, 6.07) is 19.7. The van der Waals surface area contributed by atoms with E-state index in [0.717, 1.165) is 16.1 Å². The van der Waals surface area contributed by atoms with Crippen LogP contribution in [-0.2, 0) is 32.6 Å². The molecular formula is C29H32Cl3N3O4S. The molecule has 0 aliphatic carbocycles. The number of carbonyl (C=O) groups excluding carboxylic acids is 2. The van der Waals surface area contributed by atoms with E-state index in [9.17, 15) is 18.0 Å². The van der Waals surface area contributed by atoms with Crippen molar-refractivity contribution >= 4 is 62.3 Å². The minimum atomic E-state index is -3.95. The van der Waals surface area contributed by atoms with Gasteiger partial charge in [0.1, 0.15) is 12.6 Å². The molecule has 40 heavy (non-hydrogen) atoms. The van der Waals surface area contributed by atoms with Crippen molar-refractivity contribution in [1.29, 1.82) is 0 Å². The molecule has 0 spiro atoms. The molecule has 214 valence electrons. The van der Waals surface area contributed by atoms with Gasteiger partial charge in [-0.3, -0.25) is 13.9 Å². The molecule has 0 fully saturated rings. The first-order valence-electron chi connectivity index (χ1n) is 12.6. The summed E-state index contributed by atoms with van der Waals surface area (Å²) in [5.74, 6) is -0.765. The summed E-state index contributed by atoms with van der Waals surface area (Å²) in [5.41, 5.74) is 1.59. The van der Waals surface area contributed by atoms with Crippen molar-refractivity contribution in [2.75, 3.05) is 23.7 Å². The van der Waals surface area contributed by atoms with E-state index in [1.165, 1.54) is 23.1 Å². The van der Waals surface area contributed by atoms with Crippen LogP contribution in [0.15, 0.2) is 72.8 Å². The second-order valence-corrected chi connectivity index (χ2v) is 13.0. The highest BCUT2D eigenvalue weighted by Crippen LogP contribution is 2.28. The van der Waals surface area contributed by atoms with Crippen LogP contribution < -0.4 is 9.62 Å². The summed E-state index contributed by atoms with van der Waals surface area (Å²) in [5, 5.41) is 3.78. The molecule has 0 radical (unpaired) electrons. The Bertz CT molecular complexity index is 1420. The van der Waals surface area contributed by atoms with Crippen molar-refractivity contribution < 1.29 is 18.0 Å². The molecule has 7 nitrogen and oxygen atoms in total. The maximum atomic E-state index is 14.1. The van der Waals surface area contributed by atoms with E-state index in [-0.39, 0.29) is 40.5 Å². The van der Waals surface area contributed by atoms with E-state index >= 15 is 0 Å². The van der Waals surface area contributed by atoms with Gasteiger partial charge in [0.15, 0.2) is 0 Å². The number of carbonyl (C=O) groups is 2. The molecule has 3 rings (SSSR count). The van der Waals surface area contributed by atoms with Crippen LogP contribution in [0, 0.1) is 5.92 Å². The molecule has 2 amide bonds. The summed E-state index contributed by atoms with van der Waals surface area (Å²) < 4.78 is 26.7. The average molecular weight is 625 g/mol. The Hall–Kier alpha value is -2.78. The number of hydrogen-bond acceptors (Lipinski definition) is 4. The highest BCUT2D eigenvalue weighted by molar-refractivity contribution is 7.92. The number of anilines is 1. The molecule has 1 N–H and O–H groups in total. The average Bonchev–Trinajstić information content (AvgIpc) is 2.88. The van der Waals surface area contributed by atoms with Crippen LogP contribution in [0.1, 0.15) is 25.0 Å². The zero-order valence-corrected chi connectivity index (χ0v) is 25.6. The SMILES string of the molecule is CC(C)CNC(=O)[C@H](Cc1ccccc1)N(Cc1ccccc1Cl)C(=O)CN(c1cc(Cl)cc(Cl)c1)S(C)(=O)=O. The third-order valence-electron chi connectivity index (χ3n) is 6.07. The highest BCUT2D eigenvalue weighted by Gasteiger charge is 2.33. The summed E-state index contributed by atoms with van der Waals surface area (Å²) >= 11 is 18.7. The van der Waals surface area contributed by atoms with Gasteiger partial charge in [-0.1, -0.05) is 97.2 Å². The Morgan fingerprint density at radius 1 is 0.900 bits per heavy atom. The standard InChI is InChI=1S/C29H32Cl3N3O4S/c1-20(2)17-33-29(37)27(13-21-9-5-4-6-10-21)34(18-22-11-7-8-12-26(22)32)28(36)19-35(40(3,38)39)25-15-23(30)14-24(31)16-25/h4-12,14-16,20,27H,13,17-19H2,1-3H3,(H,33,37)/t27-/m0/s1. The molecule has 11 heteroatoms. The molecular weight excluding hydrogens is 593 g/mol. The predicted octanol–water partition coefficient (Wildman–Crippen LogP) is 5.83. The zero-order valence-electron chi connectivity index (χ0n) is 22.5. The van der Waals surface area contributed by atoms with Gasteiger partial charge >= 0.3 is 0 Å². The van der Waals surface area contributed by atoms with E-state index in [0.29, 0.717) is 17.1 Å². The van der Waals surface area contributed by atoms with Crippen LogP contribution in [0.4, 0.5) is 5.69 Å². The molecule has 0 bridgehead atoms. The van der Waals surface area contributed by atoms with Crippen LogP contribution in [0.5, 0.6) is 0 Å². The molecule has 0 aliphatic heterocycles. The van der Waals surface area contributed by atoms with E-state index < -0.39 is 28.5 Å². The van der Waals surface area contributed by atoms with Crippen molar-refractivity contribution in [3.05, 3.63) is 99.0 Å². The molecule has 0 saturated heterocycles. The van der Waals surface area contributed by atoms with E-state index in [4.69, 9.17) is 34.8 Å². The van der Waals surface area contributed by atoms with Gasteiger partial charge in [0.25, 0.3) is 0 Å². The molecule has 1 atom stereocenters. The number of benzene rings is 3. The van der Waals surface area contributed by atoms with Crippen molar-refractivity contribution in [2.24, 2.45) is 5.92 Å². The summed E-state index contributed by atoms with van der Waals surface area (Å²) in [6.07, 6.45) is 1.20. The van der Waals surface area contributed by atoms with Crippen LogP contribution in [-0.4, -0.2) is 50.5 Å². The fraction of sp³-hybridized carbons (Fsp3) is 0.310. The lowest BCUT2D eigenvalue weighted by molar-refractivity contribution is -0.140. The van der Waals surface area contributed by atoms with Gasteiger partial charge in [-0.05, 0) is 41.3 Å². The van der Waals surface area contributed by atoms with Crippen LogP contribution >= 0.6 is 34.8 Å². The van der Waals surface area contributed by atoms with Gasteiger partial charge in [-0.25, -0.2) is 8.42 Å². The van der Waals surface area contributed by atoms with Gasteiger partial charge < -0.3 is 10.2 Å². The van der Waals surface area contributed by atoms with Crippen molar-refractivity contribution in [3.63, 3.8) is 0 Å². The zero-order chi connectivity index (χ0) is 29.4. The number of amides is 2. The largest absolute Gasteiger partial charge is 0.354 e. The maximum Gasteiger partial charge on any atom is 0.244 e. The fourth-order valence-corrected chi connectivity index (χ4v) is 5.63. The highest BCUT2D eigenvalue weighted by atomic mass is 35.5. The molecule has 0 aliphatic rings. The van der Waals surface area contributed by atoms with Gasteiger partial charge in [0, 0.05) is 34.6 Å². The fourth-order valence-electron chi connectivity index (χ4n) is 4.08. The third-order valence-corrected chi connectivity index (χ3v) is 8.01. The number of halogens is 3. The summed E-state index contributed by atoms with van der Waals surface area (Å²) in [4.78, 5) is 29.1. The number of nitrogens with zero attached hydrogens (tertiary/aromatic N) is 2. The Labute approximate surface area is 251 Å². The minimum Gasteiger partial charge on any atom is -0.354 e. The number of hydrogen-bond donors (Lipinski definition) is 1. The van der Waals surface area contributed by atoms with Gasteiger partial charge in [0.2, 0.25) is 21.8 Å². The first kappa shape index (κ1) is 31.7. The van der Waals surface area contributed by atoms with E-state index in [1.807, 2.05) is 44.2 Å². The lowest BCUT2D eigenvalue weighted by atomic mass is 10.0. The third kappa shape index (κ3) is 9.13. The Balaban J connectivity index is 2.07. The normalized spacial score (nSPS) is 12.2. The second-order valence-electron chi connectivity index (χ2n) is 9.85. The summed E-state index contributed by atoms with van der Waals surface area (Å²) in [7, 11) is -3.95. The monoisotopic (exact) mass is 623 g/mol. The lowest BCUT2D eigenvalue weighted by Crippen LogP contribution is -2.53. The van der Waals surface area contributed by atoms with Crippen LogP contribution in [0.2, 0.25) is 15.1 Å². The minimum absolute atomic E-state index is 0.0149. The lowest BCUT2D eigenvalue weighted by Gasteiger charge is -2.34. The Morgan fingerprint density at radius 2 is 1.50 bits per heavy atom. The number of rotatable bonds is 12. The van der Waals surface area contributed by atoms with E-state index in [2.05, 4.69) is 5.32 Å². The quantitative estimate of drug-likeness (QED) is 0.275. The van der Waals surface area contributed by atoms with Crippen LogP contribution in [0.25, 0.3) is 0 Å². The van der Waals surface area contributed by atoms with Crippen molar-refractivity contribution in [2.45, 2.75) is 32.9 Å². The summed E-state index contributed by atoms with van der Waals surface area (Å²) in [6.45, 7) is 3.76. The van der Waals surface area contributed by atoms with Gasteiger partial charge in [-0.2, -0.15) is 0 Å². The molecule has 3 aromatic carbocycles. The van der Waals surface area contributed by atoms with Gasteiger partial charge in [-0.15, -0.1) is 0 Å². The predicted molar refractivity (Wildman–Crippen MR) is 162 cm³/mol. The molecule has 0 heterocycles.